The van der Waals surface area contributed by atoms with Gasteiger partial charge < -0.3 is 4.74 Å². The molecule has 1 heterocycles. The molecule has 0 radical (unpaired) electrons. The molecular weight excluding hydrogens is 316 g/mol. The van der Waals surface area contributed by atoms with E-state index in [1.165, 1.54) is 26.4 Å². The van der Waals surface area contributed by atoms with E-state index in [2.05, 4.69) is 38.1 Å². The maximum Gasteiger partial charge on any atom is 0.149 e. The number of allylic oxidation sites excluding steroid dienone is 2. The third-order valence-electron chi connectivity index (χ3n) is 4.78. The number of thiophene rings is 1. The molecule has 0 saturated heterocycles. The number of ether oxygens (including phenoxy) is 1. The number of carbonyl (C=O) groups excluding carboxylic acids is 1. The lowest BCUT2D eigenvalue weighted by Crippen LogP contribution is -2.29. The van der Waals surface area contributed by atoms with Crippen LogP contribution in [0.4, 0.5) is 0 Å². The SMILES string of the molecule is COC1(c2c(Cc3ccccc3)sc(C)c2C)C=CC(C=O)=CC1. The molecule has 0 N–H and O–H groups in total. The Morgan fingerprint density at radius 3 is 2.58 bits per heavy atom. The van der Waals surface area contributed by atoms with Crippen LogP contribution < -0.4 is 0 Å². The van der Waals surface area contributed by atoms with Crippen molar-refractivity contribution in [1.29, 1.82) is 0 Å². The van der Waals surface area contributed by atoms with E-state index in [4.69, 9.17) is 4.74 Å². The fourth-order valence-electron chi connectivity index (χ4n) is 3.32. The summed E-state index contributed by atoms with van der Waals surface area (Å²) in [4.78, 5) is 13.7. The first-order valence-corrected chi connectivity index (χ1v) is 8.94. The van der Waals surface area contributed by atoms with E-state index in [1.807, 2.05) is 35.6 Å². The largest absolute Gasteiger partial charge is 0.369 e. The zero-order valence-electron chi connectivity index (χ0n) is 14.3. The molecule has 0 saturated carbocycles. The Hall–Kier alpha value is -1.97. The molecule has 1 aliphatic rings. The zero-order valence-corrected chi connectivity index (χ0v) is 15.2. The highest BCUT2D eigenvalue weighted by Crippen LogP contribution is 2.43. The van der Waals surface area contributed by atoms with Gasteiger partial charge in [-0.05, 0) is 31.1 Å². The van der Waals surface area contributed by atoms with Crippen LogP contribution in [-0.4, -0.2) is 13.4 Å². The van der Waals surface area contributed by atoms with E-state index in [0.717, 1.165) is 18.3 Å². The number of methoxy groups -OCH3 is 1. The minimum absolute atomic E-state index is 0.481. The number of hydrogen-bond acceptors (Lipinski definition) is 3. The summed E-state index contributed by atoms with van der Waals surface area (Å²) in [5, 5.41) is 0. The van der Waals surface area contributed by atoms with Crippen molar-refractivity contribution in [2.75, 3.05) is 7.11 Å². The average Bonchev–Trinajstić information content (AvgIpc) is 2.90. The number of carbonyl (C=O) groups is 1. The van der Waals surface area contributed by atoms with E-state index in [1.54, 1.807) is 7.11 Å². The van der Waals surface area contributed by atoms with Crippen LogP contribution in [0.25, 0.3) is 0 Å². The van der Waals surface area contributed by atoms with E-state index < -0.39 is 5.60 Å². The molecule has 1 atom stereocenters. The molecule has 0 amide bonds. The first-order valence-electron chi connectivity index (χ1n) is 8.12. The molecule has 1 unspecified atom stereocenters. The lowest BCUT2D eigenvalue weighted by molar-refractivity contribution is -0.104. The maximum atomic E-state index is 11.0. The molecule has 3 rings (SSSR count). The van der Waals surface area contributed by atoms with E-state index in [0.29, 0.717) is 6.42 Å². The smallest absolute Gasteiger partial charge is 0.149 e. The molecule has 1 aliphatic carbocycles. The topological polar surface area (TPSA) is 26.3 Å². The molecule has 0 spiro atoms. The van der Waals surface area contributed by atoms with Crippen molar-refractivity contribution >= 4 is 17.6 Å². The molecule has 1 aromatic heterocycles. The highest BCUT2D eigenvalue weighted by atomic mass is 32.1. The molecule has 3 heteroatoms. The summed E-state index contributed by atoms with van der Waals surface area (Å²) in [6.07, 6.45) is 8.37. The van der Waals surface area contributed by atoms with Gasteiger partial charge in [0.05, 0.1) is 0 Å². The maximum absolute atomic E-state index is 11.0. The van der Waals surface area contributed by atoms with Gasteiger partial charge in [0.2, 0.25) is 0 Å². The Morgan fingerprint density at radius 1 is 1.25 bits per heavy atom. The summed E-state index contributed by atoms with van der Waals surface area (Å²) in [7, 11) is 1.75. The zero-order chi connectivity index (χ0) is 17.2. The van der Waals surface area contributed by atoms with Gasteiger partial charge in [0.15, 0.2) is 0 Å². The van der Waals surface area contributed by atoms with Gasteiger partial charge in [-0.1, -0.05) is 42.5 Å². The second-order valence-electron chi connectivity index (χ2n) is 6.20. The minimum Gasteiger partial charge on any atom is -0.369 e. The number of rotatable bonds is 5. The molecular formula is C21H22O2S. The van der Waals surface area contributed by atoms with Crippen molar-refractivity contribution in [3.05, 3.63) is 80.6 Å². The van der Waals surface area contributed by atoms with Crippen molar-refractivity contribution in [1.82, 2.24) is 0 Å². The highest BCUT2D eigenvalue weighted by Gasteiger charge is 2.35. The lowest BCUT2D eigenvalue weighted by atomic mass is 9.82. The van der Waals surface area contributed by atoms with Gasteiger partial charge in [0.25, 0.3) is 0 Å². The van der Waals surface area contributed by atoms with Crippen molar-refractivity contribution in [2.24, 2.45) is 0 Å². The van der Waals surface area contributed by atoms with Crippen LogP contribution in [0, 0.1) is 13.8 Å². The number of aldehydes is 1. The highest BCUT2D eigenvalue weighted by molar-refractivity contribution is 7.12. The minimum atomic E-state index is -0.481. The molecule has 2 aromatic rings. The second kappa shape index (κ2) is 6.88. The summed E-state index contributed by atoms with van der Waals surface area (Å²) in [6.45, 7) is 4.34. The van der Waals surface area contributed by atoms with Crippen LogP contribution in [0.3, 0.4) is 0 Å². The Kier molecular flexibility index (Phi) is 4.83. The van der Waals surface area contributed by atoms with Gasteiger partial charge >= 0.3 is 0 Å². The Bertz CT molecular complexity index is 799. The van der Waals surface area contributed by atoms with Crippen molar-refractivity contribution in [3.63, 3.8) is 0 Å². The Labute approximate surface area is 147 Å². The molecule has 124 valence electrons. The van der Waals surface area contributed by atoms with E-state index in [9.17, 15) is 4.79 Å². The quantitative estimate of drug-likeness (QED) is 0.726. The lowest BCUT2D eigenvalue weighted by Gasteiger charge is -2.32. The van der Waals surface area contributed by atoms with Gasteiger partial charge in [0, 0.05) is 40.8 Å². The van der Waals surface area contributed by atoms with Crippen LogP contribution in [0.1, 0.15) is 32.9 Å². The van der Waals surface area contributed by atoms with E-state index >= 15 is 0 Å². The standard InChI is InChI=1S/C21H22O2S/c1-15-16(2)24-19(13-17-7-5-4-6-8-17)20(15)21(23-3)11-9-18(14-22)10-12-21/h4-11,14H,12-13H2,1-3H3. The predicted octanol–water partition coefficient (Wildman–Crippen LogP) is 4.88. The number of aryl methyl sites for hydroxylation is 1. The Balaban J connectivity index is 2.05. The fourth-order valence-corrected chi connectivity index (χ4v) is 4.61. The second-order valence-corrected chi connectivity index (χ2v) is 7.51. The summed E-state index contributed by atoms with van der Waals surface area (Å²) in [5.74, 6) is 0. The number of hydrogen-bond donors (Lipinski definition) is 0. The van der Waals surface area contributed by atoms with Crippen LogP contribution in [-0.2, 0) is 21.6 Å². The molecule has 24 heavy (non-hydrogen) atoms. The summed E-state index contributed by atoms with van der Waals surface area (Å²) < 4.78 is 5.99. The first kappa shape index (κ1) is 16.9. The molecule has 0 fully saturated rings. The van der Waals surface area contributed by atoms with Gasteiger partial charge in [0.1, 0.15) is 11.9 Å². The molecule has 1 aromatic carbocycles. The van der Waals surface area contributed by atoms with Crippen molar-refractivity contribution < 1.29 is 9.53 Å². The Morgan fingerprint density at radius 2 is 2.00 bits per heavy atom. The summed E-state index contributed by atoms with van der Waals surface area (Å²) >= 11 is 1.85. The van der Waals surface area contributed by atoms with Gasteiger partial charge in [-0.2, -0.15) is 0 Å². The normalized spacial score (nSPS) is 20.0. The summed E-state index contributed by atoms with van der Waals surface area (Å²) in [6, 6.07) is 10.5. The monoisotopic (exact) mass is 338 g/mol. The van der Waals surface area contributed by atoms with Crippen LogP contribution in [0.5, 0.6) is 0 Å². The van der Waals surface area contributed by atoms with Gasteiger partial charge in [-0.3, -0.25) is 4.79 Å². The van der Waals surface area contributed by atoms with Gasteiger partial charge in [-0.15, -0.1) is 11.3 Å². The third kappa shape index (κ3) is 3.02. The van der Waals surface area contributed by atoms with Crippen molar-refractivity contribution in [2.45, 2.75) is 32.3 Å². The first-order chi connectivity index (χ1) is 11.6. The molecule has 0 bridgehead atoms. The fraction of sp³-hybridized carbons (Fsp3) is 0.286. The van der Waals surface area contributed by atoms with Crippen molar-refractivity contribution in [3.8, 4) is 0 Å². The summed E-state index contributed by atoms with van der Waals surface area (Å²) in [5.41, 5.74) is 4.09. The average molecular weight is 338 g/mol. The van der Waals surface area contributed by atoms with Crippen LogP contribution in [0.2, 0.25) is 0 Å². The third-order valence-corrected chi connectivity index (χ3v) is 5.98. The number of benzene rings is 1. The molecule has 0 aliphatic heterocycles. The predicted molar refractivity (Wildman–Crippen MR) is 99.6 cm³/mol. The van der Waals surface area contributed by atoms with Crippen LogP contribution in [0.15, 0.2) is 54.1 Å². The van der Waals surface area contributed by atoms with Gasteiger partial charge in [-0.25, -0.2) is 0 Å². The van der Waals surface area contributed by atoms with Crippen LogP contribution >= 0.6 is 11.3 Å². The van der Waals surface area contributed by atoms with E-state index in [-0.39, 0.29) is 0 Å². The molecule has 2 nitrogen and oxygen atoms in total.